The number of ether oxygens (including phenoxy) is 1. The molecular formula is C16H17F5N2O3. The van der Waals surface area contributed by atoms with Gasteiger partial charge in [-0.1, -0.05) is 0 Å². The maximum atomic E-state index is 14.3. The van der Waals surface area contributed by atoms with Crippen LogP contribution in [0.5, 0.6) is 0 Å². The minimum Gasteiger partial charge on any atom is -0.392 e. The monoisotopic (exact) mass is 380 g/mol. The number of rotatable bonds is 4. The molecule has 0 aliphatic carbocycles. The van der Waals surface area contributed by atoms with Crippen LogP contribution in [0.3, 0.4) is 0 Å². The number of hydrogen-bond acceptors (Lipinski definition) is 4. The highest BCUT2D eigenvalue weighted by atomic mass is 19.4. The number of carbonyl (C=O) groups excluding carboxylic acids is 1. The lowest BCUT2D eigenvalue weighted by atomic mass is 9.90. The number of amides is 1. The normalized spacial score (nSPS) is 25.0. The Labute approximate surface area is 145 Å². The molecule has 1 unspecified atom stereocenters. The maximum absolute atomic E-state index is 14.3. The minimum atomic E-state index is -5.02. The van der Waals surface area contributed by atoms with Gasteiger partial charge in [-0.15, -0.1) is 0 Å². The van der Waals surface area contributed by atoms with E-state index < -0.39 is 53.4 Å². The molecule has 1 aromatic carbocycles. The van der Waals surface area contributed by atoms with Crippen LogP contribution >= 0.6 is 0 Å². The number of aliphatic hydroxyl groups is 1. The molecule has 1 aromatic rings. The van der Waals surface area contributed by atoms with Crippen molar-refractivity contribution in [2.24, 2.45) is 5.92 Å². The van der Waals surface area contributed by atoms with Gasteiger partial charge in [-0.25, -0.2) is 8.78 Å². The number of alkyl halides is 3. The molecule has 1 amide bonds. The summed E-state index contributed by atoms with van der Waals surface area (Å²) in [7, 11) is 0. The SMILES string of the molecule is O=C(NC(c1cc(F)c(C(F)(F)F)cc1F)C1COC1)[C@H]1C[C@@H](O)CN1. The van der Waals surface area contributed by atoms with Gasteiger partial charge in [0.25, 0.3) is 0 Å². The third kappa shape index (κ3) is 3.81. The summed E-state index contributed by atoms with van der Waals surface area (Å²) in [5, 5.41) is 14.8. The van der Waals surface area contributed by atoms with Gasteiger partial charge >= 0.3 is 6.18 Å². The lowest BCUT2D eigenvalue weighted by Crippen LogP contribution is -2.48. The average Bonchev–Trinajstić information content (AvgIpc) is 2.92. The van der Waals surface area contributed by atoms with Gasteiger partial charge < -0.3 is 20.5 Å². The average molecular weight is 380 g/mol. The largest absolute Gasteiger partial charge is 0.419 e. The van der Waals surface area contributed by atoms with Crippen molar-refractivity contribution >= 4 is 5.91 Å². The number of nitrogens with one attached hydrogen (secondary N) is 2. The first kappa shape index (κ1) is 19.0. The van der Waals surface area contributed by atoms with E-state index in [1.54, 1.807) is 0 Å². The van der Waals surface area contributed by atoms with Gasteiger partial charge in [-0.3, -0.25) is 4.79 Å². The van der Waals surface area contributed by atoms with Gasteiger partial charge in [-0.2, -0.15) is 13.2 Å². The molecule has 0 spiro atoms. The molecule has 2 aliphatic rings. The molecule has 2 fully saturated rings. The van der Waals surface area contributed by atoms with Crippen molar-refractivity contribution in [1.82, 2.24) is 10.6 Å². The van der Waals surface area contributed by atoms with Crippen LogP contribution in [0.15, 0.2) is 12.1 Å². The van der Waals surface area contributed by atoms with Gasteiger partial charge in [0.2, 0.25) is 5.91 Å². The number of carbonyl (C=O) groups is 1. The minimum absolute atomic E-state index is 0.0981. The van der Waals surface area contributed by atoms with Crippen LogP contribution in [0.2, 0.25) is 0 Å². The Kier molecular flexibility index (Phi) is 5.18. The van der Waals surface area contributed by atoms with Gasteiger partial charge in [0.15, 0.2) is 0 Å². The van der Waals surface area contributed by atoms with Gasteiger partial charge in [0.05, 0.1) is 37.0 Å². The molecule has 144 valence electrons. The van der Waals surface area contributed by atoms with E-state index in [1.165, 1.54) is 0 Å². The number of hydrogen-bond donors (Lipinski definition) is 3. The van der Waals surface area contributed by atoms with Crippen LogP contribution in [0.4, 0.5) is 22.0 Å². The highest BCUT2D eigenvalue weighted by Crippen LogP contribution is 2.36. The fourth-order valence-electron chi connectivity index (χ4n) is 3.08. The van der Waals surface area contributed by atoms with Crippen molar-refractivity contribution in [2.75, 3.05) is 19.8 Å². The molecule has 2 heterocycles. The molecule has 2 aliphatic heterocycles. The molecule has 0 aromatic heterocycles. The molecular weight excluding hydrogens is 363 g/mol. The summed E-state index contributed by atoms with van der Waals surface area (Å²) in [6.45, 7) is 0.542. The van der Waals surface area contributed by atoms with Gasteiger partial charge in [-0.05, 0) is 18.6 Å². The Morgan fingerprint density at radius 2 is 1.96 bits per heavy atom. The van der Waals surface area contributed by atoms with E-state index in [9.17, 15) is 31.9 Å². The van der Waals surface area contributed by atoms with E-state index in [2.05, 4.69) is 10.6 Å². The quantitative estimate of drug-likeness (QED) is 0.693. The third-order valence-electron chi connectivity index (χ3n) is 4.58. The maximum Gasteiger partial charge on any atom is 0.419 e. The number of aliphatic hydroxyl groups excluding tert-OH is 1. The van der Waals surface area contributed by atoms with Crippen LogP contribution in [0, 0.1) is 17.6 Å². The molecule has 2 saturated heterocycles. The van der Waals surface area contributed by atoms with Crippen molar-refractivity contribution in [3.05, 3.63) is 34.9 Å². The van der Waals surface area contributed by atoms with E-state index >= 15 is 0 Å². The van der Waals surface area contributed by atoms with E-state index in [1.807, 2.05) is 0 Å². The molecule has 3 atom stereocenters. The smallest absolute Gasteiger partial charge is 0.392 e. The summed E-state index contributed by atoms with van der Waals surface area (Å²) in [5.74, 6) is -3.80. The molecule has 26 heavy (non-hydrogen) atoms. The molecule has 0 bridgehead atoms. The molecule has 3 N–H and O–H groups in total. The Balaban J connectivity index is 1.86. The van der Waals surface area contributed by atoms with Crippen LogP contribution in [-0.2, 0) is 15.7 Å². The highest BCUT2D eigenvalue weighted by Gasteiger charge is 2.39. The van der Waals surface area contributed by atoms with E-state index in [-0.39, 0.29) is 37.8 Å². The Bertz CT molecular complexity index is 693. The Morgan fingerprint density at radius 3 is 2.46 bits per heavy atom. The highest BCUT2D eigenvalue weighted by molar-refractivity contribution is 5.82. The first-order valence-corrected chi connectivity index (χ1v) is 8.02. The molecule has 0 radical (unpaired) electrons. The second kappa shape index (κ2) is 7.09. The zero-order chi connectivity index (χ0) is 19.1. The summed E-state index contributed by atoms with van der Waals surface area (Å²) >= 11 is 0. The first-order chi connectivity index (χ1) is 12.2. The van der Waals surface area contributed by atoms with Crippen LogP contribution in [0.1, 0.15) is 23.6 Å². The van der Waals surface area contributed by atoms with Crippen molar-refractivity contribution in [3.8, 4) is 0 Å². The summed E-state index contributed by atoms with van der Waals surface area (Å²) in [4.78, 5) is 12.3. The third-order valence-corrected chi connectivity index (χ3v) is 4.58. The first-order valence-electron chi connectivity index (χ1n) is 8.02. The van der Waals surface area contributed by atoms with Crippen molar-refractivity contribution in [3.63, 3.8) is 0 Å². The lowest BCUT2D eigenvalue weighted by molar-refractivity contribution is -0.140. The zero-order valence-electron chi connectivity index (χ0n) is 13.4. The number of β-amino-alcohol motifs (C(OH)–C–C–N with tert-alkyl or cyclic N) is 1. The Morgan fingerprint density at radius 1 is 1.27 bits per heavy atom. The van der Waals surface area contributed by atoms with Crippen molar-refractivity contribution in [1.29, 1.82) is 0 Å². The number of benzene rings is 1. The lowest BCUT2D eigenvalue weighted by Gasteiger charge is -2.35. The van der Waals surface area contributed by atoms with E-state index in [4.69, 9.17) is 4.74 Å². The standard InChI is InChI=1S/C16H17F5N2O3/c17-11-3-10(16(19,20)21)12(18)2-9(11)14(7-5-26-6-7)23-15(25)13-1-8(24)4-22-13/h2-3,7-8,13-14,22,24H,1,4-6H2,(H,23,25)/t8-,13-,14?/m1/s1. The summed E-state index contributed by atoms with van der Waals surface area (Å²) in [6.07, 6.45) is -5.56. The molecule has 3 rings (SSSR count). The predicted molar refractivity (Wildman–Crippen MR) is 79.0 cm³/mol. The second-order valence-electron chi connectivity index (χ2n) is 6.49. The van der Waals surface area contributed by atoms with Crippen molar-refractivity contribution < 1.29 is 36.6 Å². The molecule has 5 nitrogen and oxygen atoms in total. The summed E-state index contributed by atoms with van der Waals surface area (Å²) in [5.41, 5.74) is -2.06. The van der Waals surface area contributed by atoms with Gasteiger partial charge in [0.1, 0.15) is 11.6 Å². The van der Waals surface area contributed by atoms with E-state index in [0.29, 0.717) is 6.07 Å². The number of halogens is 5. The predicted octanol–water partition coefficient (Wildman–Crippen LogP) is 1.51. The fourth-order valence-corrected chi connectivity index (χ4v) is 3.08. The zero-order valence-corrected chi connectivity index (χ0v) is 13.4. The summed E-state index contributed by atoms with van der Waals surface area (Å²) < 4.78 is 71.4. The topological polar surface area (TPSA) is 70.6 Å². The van der Waals surface area contributed by atoms with E-state index in [0.717, 1.165) is 0 Å². The van der Waals surface area contributed by atoms with Gasteiger partial charge in [0, 0.05) is 18.0 Å². The van der Waals surface area contributed by atoms with Crippen molar-refractivity contribution in [2.45, 2.75) is 30.8 Å². The fraction of sp³-hybridized carbons (Fsp3) is 0.562. The van der Waals surface area contributed by atoms with Crippen LogP contribution < -0.4 is 10.6 Å². The van der Waals surface area contributed by atoms with Crippen LogP contribution in [0.25, 0.3) is 0 Å². The Hall–Kier alpha value is -1.78. The molecule has 0 saturated carbocycles. The summed E-state index contributed by atoms with van der Waals surface area (Å²) in [6, 6.07) is -1.18. The molecule has 10 heteroatoms. The second-order valence-corrected chi connectivity index (χ2v) is 6.49. The van der Waals surface area contributed by atoms with Crippen LogP contribution in [-0.4, -0.2) is 42.9 Å².